The third kappa shape index (κ3) is 2.81. The maximum atomic E-state index is 11.2. The summed E-state index contributed by atoms with van der Waals surface area (Å²) in [7, 11) is -0.341. The molecule has 1 aliphatic heterocycles. The van der Waals surface area contributed by atoms with Crippen LogP contribution in [-0.4, -0.2) is 24.1 Å². The summed E-state index contributed by atoms with van der Waals surface area (Å²) >= 11 is 0. The van der Waals surface area contributed by atoms with Gasteiger partial charge < -0.3 is 9.31 Å². The summed E-state index contributed by atoms with van der Waals surface area (Å²) in [5.74, 6) is 0.174. The lowest BCUT2D eigenvalue weighted by atomic mass is 9.75. The summed E-state index contributed by atoms with van der Waals surface area (Å²) in [4.78, 5) is 11.2. The molecule has 1 saturated heterocycles. The van der Waals surface area contributed by atoms with Gasteiger partial charge in [-0.25, -0.2) is 0 Å². The van der Waals surface area contributed by atoms with E-state index < -0.39 is 0 Å². The van der Waals surface area contributed by atoms with Gasteiger partial charge in [0, 0.05) is 6.42 Å². The average molecular weight is 274 g/mol. The van der Waals surface area contributed by atoms with Crippen molar-refractivity contribution in [3.05, 3.63) is 29.3 Å². The van der Waals surface area contributed by atoms with Crippen LogP contribution in [0.5, 0.6) is 0 Å². The first-order chi connectivity index (χ1) is 9.12. The number of benzene rings is 1. The van der Waals surface area contributed by atoms with Crippen molar-refractivity contribution in [3.63, 3.8) is 0 Å². The lowest BCUT2D eigenvalue weighted by Crippen LogP contribution is -2.41. The fourth-order valence-electron chi connectivity index (χ4n) is 2.37. The van der Waals surface area contributed by atoms with Gasteiger partial charge in [0.15, 0.2) is 0 Å². The molecule has 1 fully saturated rings. The van der Waals surface area contributed by atoms with Gasteiger partial charge in [-0.2, -0.15) is 0 Å². The third-order valence-corrected chi connectivity index (χ3v) is 4.29. The topological polar surface area (TPSA) is 35.5 Å². The van der Waals surface area contributed by atoms with E-state index in [2.05, 4.69) is 0 Å². The summed E-state index contributed by atoms with van der Waals surface area (Å²) < 4.78 is 12.1. The van der Waals surface area contributed by atoms with Crippen molar-refractivity contribution in [1.29, 1.82) is 0 Å². The van der Waals surface area contributed by atoms with E-state index in [-0.39, 0.29) is 24.1 Å². The van der Waals surface area contributed by atoms with Gasteiger partial charge in [-0.05, 0) is 52.6 Å². The molecule has 0 aromatic heterocycles. The summed E-state index contributed by atoms with van der Waals surface area (Å²) in [6.07, 6.45) is 0.477. The molecule has 0 bridgehead atoms. The highest BCUT2D eigenvalue weighted by atomic mass is 16.7. The average Bonchev–Trinajstić information content (AvgIpc) is 2.46. The molecule has 4 heteroatoms. The number of aryl methyl sites for hydroxylation is 1. The molecule has 0 amide bonds. The number of rotatable bonds is 3. The summed E-state index contributed by atoms with van der Waals surface area (Å²) in [6.45, 7) is 11.8. The third-order valence-electron chi connectivity index (χ3n) is 4.29. The lowest BCUT2D eigenvalue weighted by molar-refractivity contribution is -0.116. The maximum absolute atomic E-state index is 11.2. The SMILES string of the molecule is CC(=O)Cc1ccc(B2OC(C)(C)C(C)(C)O2)c(C)c1. The molecule has 108 valence electrons. The van der Waals surface area contributed by atoms with Crippen LogP contribution in [0.3, 0.4) is 0 Å². The van der Waals surface area contributed by atoms with Gasteiger partial charge in [-0.3, -0.25) is 4.79 Å². The molecular formula is C16H23BO3. The van der Waals surface area contributed by atoms with Crippen molar-refractivity contribution in [2.24, 2.45) is 0 Å². The van der Waals surface area contributed by atoms with Crippen LogP contribution in [0.15, 0.2) is 18.2 Å². The Labute approximate surface area is 121 Å². The minimum atomic E-state index is -0.341. The smallest absolute Gasteiger partial charge is 0.399 e. The minimum Gasteiger partial charge on any atom is -0.399 e. The standard InChI is InChI=1S/C16H23BO3/c1-11-9-13(10-12(2)18)7-8-14(11)17-19-15(3,4)16(5,6)20-17/h7-9H,10H2,1-6H3. The van der Waals surface area contributed by atoms with Crippen LogP contribution in [0, 0.1) is 6.92 Å². The Balaban J connectivity index is 2.25. The number of hydrogen-bond donors (Lipinski definition) is 0. The summed E-state index contributed by atoms with van der Waals surface area (Å²) in [5.41, 5.74) is 2.51. The monoisotopic (exact) mass is 274 g/mol. The molecule has 0 saturated carbocycles. The molecule has 0 unspecified atom stereocenters. The van der Waals surface area contributed by atoms with Gasteiger partial charge in [-0.15, -0.1) is 0 Å². The fraction of sp³-hybridized carbons (Fsp3) is 0.562. The second-order valence-electron chi connectivity index (χ2n) is 6.66. The molecule has 0 aliphatic carbocycles. The molecule has 0 radical (unpaired) electrons. The largest absolute Gasteiger partial charge is 0.495 e. The minimum absolute atomic E-state index is 0.174. The zero-order valence-corrected chi connectivity index (χ0v) is 13.2. The molecule has 1 aromatic carbocycles. The first kappa shape index (κ1) is 15.3. The number of carbonyl (C=O) groups excluding carboxylic acids is 1. The quantitative estimate of drug-likeness (QED) is 0.794. The van der Waals surface area contributed by atoms with Gasteiger partial charge in [-0.1, -0.05) is 23.8 Å². The molecule has 1 aromatic rings. The van der Waals surface area contributed by atoms with E-state index in [0.29, 0.717) is 6.42 Å². The van der Waals surface area contributed by atoms with Gasteiger partial charge in [0.05, 0.1) is 11.2 Å². The van der Waals surface area contributed by atoms with Gasteiger partial charge in [0.1, 0.15) is 5.78 Å². The van der Waals surface area contributed by atoms with Gasteiger partial charge in [0.25, 0.3) is 0 Å². The highest BCUT2D eigenvalue weighted by Gasteiger charge is 2.51. The number of hydrogen-bond acceptors (Lipinski definition) is 3. The van der Waals surface area contributed by atoms with Crippen LogP contribution in [0.2, 0.25) is 0 Å². The van der Waals surface area contributed by atoms with Crippen LogP contribution >= 0.6 is 0 Å². The normalized spacial score (nSPS) is 20.2. The first-order valence-electron chi connectivity index (χ1n) is 7.07. The Morgan fingerprint density at radius 2 is 1.70 bits per heavy atom. The van der Waals surface area contributed by atoms with E-state index in [1.54, 1.807) is 6.92 Å². The molecular weight excluding hydrogens is 251 g/mol. The predicted molar refractivity (Wildman–Crippen MR) is 81.3 cm³/mol. The van der Waals surface area contributed by atoms with Crippen molar-refractivity contribution in [2.75, 3.05) is 0 Å². The van der Waals surface area contributed by atoms with E-state index >= 15 is 0 Å². The molecule has 2 rings (SSSR count). The molecule has 3 nitrogen and oxygen atoms in total. The number of carbonyl (C=O) groups is 1. The van der Waals surface area contributed by atoms with Crippen LogP contribution in [0.25, 0.3) is 0 Å². The summed E-state index contributed by atoms with van der Waals surface area (Å²) in [6, 6.07) is 6.03. The van der Waals surface area contributed by atoms with E-state index in [9.17, 15) is 4.79 Å². The van der Waals surface area contributed by atoms with E-state index in [0.717, 1.165) is 16.6 Å². The molecule has 0 spiro atoms. The second kappa shape index (κ2) is 5.01. The van der Waals surface area contributed by atoms with Crippen LogP contribution < -0.4 is 5.46 Å². The zero-order chi connectivity index (χ0) is 15.1. The van der Waals surface area contributed by atoms with E-state index in [4.69, 9.17) is 9.31 Å². The van der Waals surface area contributed by atoms with Crippen LogP contribution in [0.1, 0.15) is 45.7 Å². The Bertz CT molecular complexity index is 519. The molecule has 1 heterocycles. The van der Waals surface area contributed by atoms with Crippen LogP contribution in [-0.2, 0) is 20.5 Å². The van der Waals surface area contributed by atoms with E-state index in [1.165, 1.54) is 0 Å². The summed E-state index contributed by atoms with van der Waals surface area (Å²) in [5, 5.41) is 0. The Hall–Kier alpha value is -1.13. The predicted octanol–water partition coefficient (Wildman–Crippen LogP) is 2.43. The fourth-order valence-corrected chi connectivity index (χ4v) is 2.37. The zero-order valence-electron chi connectivity index (χ0n) is 13.2. The van der Waals surface area contributed by atoms with Crippen LogP contribution in [0.4, 0.5) is 0 Å². The van der Waals surface area contributed by atoms with Crippen molar-refractivity contribution >= 4 is 18.4 Å². The van der Waals surface area contributed by atoms with Crippen molar-refractivity contribution in [2.45, 2.75) is 59.2 Å². The lowest BCUT2D eigenvalue weighted by Gasteiger charge is -2.32. The van der Waals surface area contributed by atoms with Gasteiger partial charge in [0.2, 0.25) is 0 Å². The maximum Gasteiger partial charge on any atom is 0.495 e. The highest BCUT2D eigenvalue weighted by Crippen LogP contribution is 2.36. The Morgan fingerprint density at radius 1 is 1.15 bits per heavy atom. The van der Waals surface area contributed by atoms with E-state index in [1.807, 2.05) is 52.8 Å². The Kier molecular flexibility index (Phi) is 3.82. The molecule has 0 atom stereocenters. The first-order valence-corrected chi connectivity index (χ1v) is 7.07. The van der Waals surface area contributed by atoms with Crippen molar-refractivity contribution in [1.82, 2.24) is 0 Å². The number of ketones is 1. The van der Waals surface area contributed by atoms with Gasteiger partial charge >= 0.3 is 7.12 Å². The van der Waals surface area contributed by atoms with Crippen molar-refractivity contribution < 1.29 is 14.1 Å². The Morgan fingerprint density at radius 3 is 2.15 bits per heavy atom. The van der Waals surface area contributed by atoms with Crippen molar-refractivity contribution in [3.8, 4) is 0 Å². The molecule has 0 N–H and O–H groups in total. The number of Topliss-reactive ketones (excluding diaryl/α,β-unsaturated/α-hetero) is 1. The molecule has 20 heavy (non-hydrogen) atoms. The highest BCUT2D eigenvalue weighted by molar-refractivity contribution is 6.62. The second-order valence-corrected chi connectivity index (χ2v) is 6.66. The molecule has 1 aliphatic rings.